The summed E-state index contributed by atoms with van der Waals surface area (Å²) < 4.78 is 1.62. The molecule has 0 spiro atoms. The third-order valence-electron chi connectivity index (χ3n) is 3.20. The average Bonchev–Trinajstić information content (AvgIpc) is 2.49. The maximum atomic E-state index is 12.3. The molecule has 0 radical (unpaired) electrons. The smallest absolute Gasteiger partial charge is 0.270 e. The van der Waals surface area contributed by atoms with Crippen LogP contribution in [-0.2, 0) is 12.4 Å². The number of nitro groups is 1. The molecule has 0 fully saturated rings. The molecule has 21 heavy (non-hydrogen) atoms. The summed E-state index contributed by atoms with van der Waals surface area (Å²) >= 11 is 5.77. The molecule has 0 atom stereocenters. The number of nitrogens with zero attached hydrogens (tertiary/aromatic N) is 2. The average molecular weight is 307 g/mol. The number of alkyl halides is 1. The molecule has 2 aromatic rings. The van der Waals surface area contributed by atoms with Gasteiger partial charge >= 0.3 is 0 Å². The first-order valence-corrected chi connectivity index (χ1v) is 7.15. The van der Waals surface area contributed by atoms with Crippen LogP contribution in [-0.4, -0.2) is 9.49 Å². The van der Waals surface area contributed by atoms with Crippen LogP contribution in [0.25, 0.3) is 11.3 Å². The standard InChI is InChI=1S/C15H15ClN2O3/c1-2-8-17-14(7-6-12(10-16)15(17)19)11-4-3-5-13(9-11)18(20)21/h3-7,9H,2,8,10H2,1H3. The Morgan fingerprint density at radius 3 is 2.67 bits per heavy atom. The fourth-order valence-electron chi connectivity index (χ4n) is 2.20. The van der Waals surface area contributed by atoms with Crippen molar-refractivity contribution in [2.24, 2.45) is 0 Å². The summed E-state index contributed by atoms with van der Waals surface area (Å²) in [4.78, 5) is 22.8. The van der Waals surface area contributed by atoms with Gasteiger partial charge in [-0.25, -0.2) is 0 Å². The second kappa shape index (κ2) is 6.54. The van der Waals surface area contributed by atoms with Crippen molar-refractivity contribution in [2.75, 3.05) is 0 Å². The fraction of sp³-hybridized carbons (Fsp3) is 0.267. The highest BCUT2D eigenvalue weighted by molar-refractivity contribution is 6.17. The molecular weight excluding hydrogens is 292 g/mol. The molecule has 5 nitrogen and oxygen atoms in total. The van der Waals surface area contributed by atoms with Gasteiger partial charge in [0.2, 0.25) is 0 Å². The largest absolute Gasteiger partial charge is 0.308 e. The van der Waals surface area contributed by atoms with E-state index >= 15 is 0 Å². The molecular formula is C15H15ClN2O3. The van der Waals surface area contributed by atoms with Gasteiger partial charge in [0.25, 0.3) is 11.2 Å². The highest BCUT2D eigenvalue weighted by Crippen LogP contribution is 2.23. The van der Waals surface area contributed by atoms with E-state index in [1.807, 2.05) is 6.92 Å². The Kier molecular flexibility index (Phi) is 4.75. The van der Waals surface area contributed by atoms with Crippen molar-refractivity contribution in [3.63, 3.8) is 0 Å². The van der Waals surface area contributed by atoms with Crippen LogP contribution in [0.1, 0.15) is 18.9 Å². The lowest BCUT2D eigenvalue weighted by atomic mass is 10.1. The summed E-state index contributed by atoms with van der Waals surface area (Å²) in [6.07, 6.45) is 0.785. The van der Waals surface area contributed by atoms with Gasteiger partial charge in [0.15, 0.2) is 0 Å². The highest BCUT2D eigenvalue weighted by Gasteiger charge is 2.12. The van der Waals surface area contributed by atoms with Crippen LogP contribution < -0.4 is 5.56 Å². The van der Waals surface area contributed by atoms with E-state index in [4.69, 9.17) is 11.6 Å². The van der Waals surface area contributed by atoms with Gasteiger partial charge in [0, 0.05) is 29.8 Å². The Morgan fingerprint density at radius 1 is 1.29 bits per heavy atom. The van der Waals surface area contributed by atoms with Crippen LogP contribution in [0.4, 0.5) is 5.69 Å². The van der Waals surface area contributed by atoms with E-state index in [1.54, 1.807) is 28.8 Å². The SMILES string of the molecule is CCCn1c(-c2cccc([N+](=O)[O-])c2)ccc(CCl)c1=O. The van der Waals surface area contributed by atoms with Gasteiger partial charge < -0.3 is 4.57 Å². The molecule has 0 saturated heterocycles. The zero-order valence-electron chi connectivity index (χ0n) is 11.6. The van der Waals surface area contributed by atoms with Crippen molar-refractivity contribution >= 4 is 17.3 Å². The molecule has 0 unspecified atom stereocenters. The van der Waals surface area contributed by atoms with Gasteiger partial charge in [-0.1, -0.05) is 25.1 Å². The van der Waals surface area contributed by atoms with Crippen LogP contribution >= 0.6 is 11.6 Å². The number of hydrogen-bond donors (Lipinski definition) is 0. The number of pyridine rings is 1. The first-order valence-electron chi connectivity index (χ1n) is 6.62. The first kappa shape index (κ1) is 15.3. The molecule has 6 heteroatoms. The minimum absolute atomic E-state index is 0.00409. The lowest BCUT2D eigenvalue weighted by molar-refractivity contribution is -0.384. The highest BCUT2D eigenvalue weighted by atomic mass is 35.5. The molecule has 1 aromatic heterocycles. The van der Waals surface area contributed by atoms with Crippen molar-refractivity contribution in [1.82, 2.24) is 4.57 Å². The van der Waals surface area contributed by atoms with Gasteiger partial charge in [-0.2, -0.15) is 0 Å². The Bertz CT molecular complexity index is 725. The van der Waals surface area contributed by atoms with Crippen molar-refractivity contribution in [1.29, 1.82) is 0 Å². The molecule has 0 N–H and O–H groups in total. The number of aromatic nitrogens is 1. The number of rotatable bonds is 5. The van der Waals surface area contributed by atoms with Crippen molar-refractivity contribution in [2.45, 2.75) is 25.8 Å². The maximum Gasteiger partial charge on any atom is 0.270 e. The summed E-state index contributed by atoms with van der Waals surface area (Å²) in [5.41, 5.74) is 1.70. The monoisotopic (exact) mass is 306 g/mol. The minimum atomic E-state index is -0.446. The van der Waals surface area contributed by atoms with Crippen LogP contribution in [0.15, 0.2) is 41.2 Å². The van der Waals surface area contributed by atoms with Gasteiger partial charge in [-0.05, 0) is 12.5 Å². The fourth-order valence-corrected chi connectivity index (χ4v) is 2.41. The molecule has 1 heterocycles. The van der Waals surface area contributed by atoms with E-state index in [2.05, 4.69) is 0 Å². The predicted molar refractivity (Wildman–Crippen MR) is 82.6 cm³/mol. The maximum absolute atomic E-state index is 12.3. The first-order chi connectivity index (χ1) is 10.1. The molecule has 2 rings (SSSR count). The number of hydrogen-bond acceptors (Lipinski definition) is 3. The van der Waals surface area contributed by atoms with Crippen LogP contribution in [0.3, 0.4) is 0 Å². The molecule has 0 aliphatic rings. The summed E-state index contributed by atoms with van der Waals surface area (Å²) in [5, 5.41) is 10.9. The Balaban J connectivity index is 2.63. The van der Waals surface area contributed by atoms with E-state index in [1.165, 1.54) is 12.1 Å². The van der Waals surface area contributed by atoms with E-state index in [9.17, 15) is 14.9 Å². The number of benzene rings is 1. The third-order valence-corrected chi connectivity index (χ3v) is 3.48. The van der Waals surface area contributed by atoms with E-state index in [0.29, 0.717) is 23.4 Å². The van der Waals surface area contributed by atoms with E-state index in [0.717, 1.165) is 6.42 Å². The van der Waals surface area contributed by atoms with Gasteiger partial charge in [-0.3, -0.25) is 14.9 Å². The van der Waals surface area contributed by atoms with Gasteiger partial charge in [0.1, 0.15) is 0 Å². The topological polar surface area (TPSA) is 65.1 Å². The summed E-state index contributed by atoms with van der Waals surface area (Å²) in [7, 11) is 0. The van der Waals surface area contributed by atoms with Crippen molar-refractivity contribution < 1.29 is 4.92 Å². The number of non-ortho nitro benzene ring substituents is 1. The molecule has 110 valence electrons. The van der Waals surface area contributed by atoms with Crippen LogP contribution in [0.5, 0.6) is 0 Å². The van der Waals surface area contributed by atoms with Gasteiger partial charge in [-0.15, -0.1) is 11.6 Å². The molecule has 0 aliphatic carbocycles. The Morgan fingerprint density at radius 2 is 2.05 bits per heavy atom. The zero-order chi connectivity index (χ0) is 15.4. The van der Waals surface area contributed by atoms with Crippen LogP contribution in [0, 0.1) is 10.1 Å². The Labute approximate surface area is 126 Å². The normalized spacial score (nSPS) is 10.6. The van der Waals surface area contributed by atoms with E-state index < -0.39 is 4.92 Å². The van der Waals surface area contributed by atoms with Crippen molar-refractivity contribution in [3.05, 3.63) is 62.4 Å². The lowest BCUT2D eigenvalue weighted by Gasteiger charge is -2.13. The summed E-state index contributed by atoms with van der Waals surface area (Å²) in [5.74, 6) is 0.151. The molecule has 0 amide bonds. The third kappa shape index (κ3) is 3.13. The summed E-state index contributed by atoms with van der Waals surface area (Å²) in [6, 6.07) is 9.74. The minimum Gasteiger partial charge on any atom is -0.308 e. The van der Waals surface area contributed by atoms with Gasteiger partial charge in [0.05, 0.1) is 16.5 Å². The Hall–Kier alpha value is -2.14. The summed E-state index contributed by atoms with van der Waals surface area (Å²) in [6.45, 7) is 2.51. The molecule has 0 aliphatic heterocycles. The number of halogens is 1. The quantitative estimate of drug-likeness (QED) is 0.482. The zero-order valence-corrected chi connectivity index (χ0v) is 12.3. The van der Waals surface area contributed by atoms with E-state index in [-0.39, 0.29) is 17.1 Å². The molecule has 0 saturated carbocycles. The van der Waals surface area contributed by atoms with Crippen LogP contribution in [0.2, 0.25) is 0 Å². The second-order valence-electron chi connectivity index (χ2n) is 4.64. The lowest BCUT2D eigenvalue weighted by Crippen LogP contribution is -2.24. The predicted octanol–water partition coefficient (Wildman–Crippen LogP) is 3.57. The second-order valence-corrected chi connectivity index (χ2v) is 4.91. The number of nitro benzene ring substituents is 1. The molecule has 0 bridgehead atoms. The van der Waals surface area contributed by atoms with Crippen molar-refractivity contribution in [3.8, 4) is 11.3 Å². The molecule has 1 aromatic carbocycles.